The number of aliphatic hydroxyl groups excluding tert-OH is 1. The first-order valence-electron chi connectivity index (χ1n) is 6.57. The molecule has 2 rings (SSSR count). The number of rotatable bonds is 4. The molecule has 4 heteroatoms. The van der Waals surface area contributed by atoms with Crippen molar-refractivity contribution in [1.29, 1.82) is 0 Å². The summed E-state index contributed by atoms with van der Waals surface area (Å²) in [6.45, 7) is 6.93. The first kappa shape index (κ1) is 13.6. The Morgan fingerprint density at radius 2 is 2.05 bits per heavy atom. The molecule has 0 unspecified atom stereocenters. The summed E-state index contributed by atoms with van der Waals surface area (Å²) in [4.78, 5) is 17.1. The average Bonchev–Trinajstić information content (AvgIpc) is 2.79. The molecule has 1 amide bonds. The fourth-order valence-electron chi connectivity index (χ4n) is 2.41. The van der Waals surface area contributed by atoms with E-state index in [0.717, 1.165) is 16.5 Å². The minimum atomic E-state index is -0.0650. The van der Waals surface area contributed by atoms with Crippen molar-refractivity contribution >= 4 is 16.8 Å². The van der Waals surface area contributed by atoms with E-state index in [1.54, 1.807) is 4.90 Å². The summed E-state index contributed by atoms with van der Waals surface area (Å²) in [6, 6.07) is 6.05. The number of carbonyl (C=O) groups is 1. The molecule has 0 aliphatic carbocycles. The molecule has 1 heterocycles. The third-order valence-electron chi connectivity index (χ3n) is 3.36. The van der Waals surface area contributed by atoms with Gasteiger partial charge in [0, 0.05) is 24.0 Å². The third-order valence-corrected chi connectivity index (χ3v) is 3.36. The monoisotopic (exact) mass is 260 g/mol. The number of likely N-dealkylation sites (N-methyl/N-ethyl adjacent to an activating group) is 1. The number of nitrogens with one attached hydrogen (secondary N) is 1. The summed E-state index contributed by atoms with van der Waals surface area (Å²) in [6.07, 6.45) is 0. The number of amides is 1. The number of aromatic amines is 1. The molecule has 1 aromatic heterocycles. The van der Waals surface area contributed by atoms with E-state index in [9.17, 15) is 4.79 Å². The van der Waals surface area contributed by atoms with Crippen LogP contribution in [-0.2, 0) is 0 Å². The van der Waals surface area contributed by atoms with Crippen molar-refractivity contribution in [2.24, 2.45) is 0 Å². The van der Waals surface area contributed by atoms with Gasteiger partial charge in [-0.25, -0.2) is 0 Å². The molecule has 0 saturated heterocycles. The van der Waals surface area contributed by atoms with E-state index in [2.05, 4.69) is 11.1 Å². The van der Waals surface area contributed by atoms with E-state index in [0.29, 0.717) is 18.8 Å². The highest BCUT2D eigenvalue weighted by atomic mass is 16.3. The van der Waals surface area contributed by atoms with E-state index in [-0.39, 0.29) is 12.5 Å². The van der Waals surface area contributed by atoms with Crippen LogP contribution >= 0.6 is 0 Å². The number of benzene rings is 1. The van der Waals surface area contributed by atoms with Gasteiger partial charge in [0.25, 0.3) is 5.91 Å². The third kappa shape index (κ3) is 2.63. The number of H-pyrrole nitrogens is 1. The van der Waals surface area contributed by atoms with Crippen LogP contribution in [0.15, 0.2) is 18.2 Å². The molecular formula is C15H20N2O2. The van der Waals surface area contributed by atoms with Crippen molar-refractivity contribution < 1.29 is 9.90 Å². The Morgan fingerprint density at radius 3 is 2.68 bits per heavy atom. The largest absolute Gasteiger partial charge is 0.395 e. The molecule has 0 radical (unpaired) electrons. The molecule has 102 valence electrons. The zero-order valence-corrected chi connectivity index (χ0v) is 11.7. The van der Waals surface area contributed by atoms with Crippen LogP contribution in [-0.4, -0.2) is 40.6 Å². The molecule has 0 saturated carbocycles. The lowest BCUT2D eigenvalue weighted by Gasteiger charge is -2.18. The number of aliphatic hydroxyl groups is 1. The zero-order chi connectivity index (χ0) is 14.0. The summed E-state index contributed by atoms with van der Waals surface area (Å²) in [5.41, 5.74) is 3.91. The van der Waals surface area contributed by atoms with Gasteiger partial charge in [0.05, 0.1) is 6.61 Å². The van der Waals surface area contributed by atoms with Gasteiger partial charge in [-0.15, -0.1) is 0 Å². The van der Waals surface area contributed by atoms with Gasteiger partial charge in [0.15, 0.2) is 0 Å². The van der Waals surface area contributed by atoms with Crippen molar-refractivity contribution in [3.05, 3.63) is 35.0 Å². The molecule has 0 aliphatic heterocycles. The fourth-order valence-corrected chi connectivity index (χ4v) is 2.41. The first-order chi connectivity index (χ1) is 9.06. The molecule has 0 atom stereocenters. The molecule has 19 heavy (non-hydrogen) atoms. The minimum Gasteiger partial charge on any atom is -0.395 e. The Hall–Kier alpha value is -1.81. The van der Waals surface area contributed by atoms with Gasteiger partial charge in [0.2, 0.25) is 0 Å². The van der Waals surface area contributed by atoms with Crippen LogP contribution in [0, 0.1) is 13.8 Å². The van der Waals surface area contributed by atoms with E-state index < -0.39 is 0 Å². The summed E-state index contributed by atoms with van der Waals surface area (Å²) in [5, 5.41) is 10.1. The van der Waals surface area contributed by atoms with Gasteiger partial charge in [-0.05, 0) is 44.0 Å². The first-order valence-corrected chi connectivity index (χ1v) is 6.57. The van der Waals surface area contributed by atoms with Gasteiger partial charge >= 0.3 is 0 Å². The number of nitrogens with zero attached hydrogens (tertiary/aromatic N) is 1. The molecule has 0 aliphatic rings. The average molecular weight is 260 g/mol. The lowest BCUT2D eigenvalue weighted by Crippen LogP contribution is -2.33. The van der Waals surface area contributed by atoms with Crippen LogP contribution in [0.25, 0.3) is 10.9 Å². The second-order valence-corrected chi connectivity index (χ2v) is 4.83. The minimum absolute atomic E-state index is 0.0159. The lowest BCUT2D eigenvalue weighted by molar-refractivity contribution is 0.0727. The number of hydrogen-bond acceptors (Lipinski definition) is 2. The van der Waals surface area contributed by atoms with Crippen LogP contribution in [0.3, 0.4) is 0 Å². The molecular weight excluding hydrogens is 240 g/mol. The quantitative estimate of drug-likeness (QED) is 0.885. The van der Waals surface area contributed by atoms with Crippen molar-refractivity contribution in [2.75, 3.05) is 19.7 Å². The normalized spacial score (nSPS) is 10.9. The topological polar surface area (TPSA) is 56.3 Å². The molecule has 0 bridgehead atoms. The highest BCUT2D eigenvalue weighted by molar-refractivity contribution is 5.99. The Bertz CT molecular complexity index is 601. The van der Waals surface area contributed by atoms with E-state index in [4.69, 9.17) is 5.11 Å². The molecule has 4 nitrogen and oxygen atoms in total. The summed E-state index contributed by atoms with van der Waals surface area (Å²) in [5.74, 6) is -0.0650. The summed E-state index contributed by atoms with van der Waals surface area (Å²) < 4.78 is 0. The van der Waals surface area contributed by atoms with Gasteiger partial charge in [-0.2, -0.15) is 0 Å². The van der Waals surface area contributed by atoms with Crippen LogP contribution < -0.4 is 0 Å². The lowest BCUT2D eigenvalue weighted by atomic mass is 10.1. The van der Waals surface area contributed by atoms with Crippen molar-refractivity contribution in [1.82, 2.24) is 9.88 Å². The zero-order valence-electron chi connectivity index (χ0n) is 11.7. The maximum Gasteiger partial charge on any atom is 0.270 e. The maximum absolute atomic E-state index is 12.3. The highest BCUT2D eigenvalue weighted by Gasteiger charge is 2.16. The molecule has 2 N–H and O–H groups in total. The number of aromatic nitrogens is 1. The van der Waals surface area contributed by atoms with Gasteiger partial charge in [-0.1, -0.05) is 6.07 Å². The Balaban J connectivity index is 2.40. The van der Waals surface area contributed by atoms with Gasteiger partial charge in [0.1, 0.15) is 5.69 Å². The number of aryl methyl sites for hydroxylation is 2. The van der Waals surface area contributed by atoms with Crippen molar-refractivity contribution in [3.8, 4) is 0 Å². The smallest absolute Gasteiger partial charge is 0.270 e. The Labute approximate surface area is 113 Å². The molecule has 1 aromatic carbocycles. The molecule has 2 aromatic rings. The van der Waals surface area contributed by atoms with Crippen LogP contribution in [0.1, 0.15) is 28.5 Å². The van der Waals surface area contributed by atoms with Crippen molar-refractivity contribution in [3.63, 3.8) is 0 Å². The molecule has 0 spiro atoms. The summed E-state index contributed by atoms with van der Waals surface area (Å²) in [7, 11) is 0. The van der Waals surface area contributed by atoms with E-state index in [1.807, 2.05) is 32.9 Å². The predicted molar refractivity (Wildman–Crippen MR) is 76.4 cm³/mol. The number of carbonyl (C=O) groups excluding carboxylic acids is 1. The van der Waals surface area contributed by atoms with Crippen LogP contribution in [0.5, 0.6) is 0 Å². The SMILES string of the molecule is CCN(CCO)C(=O)c1cc2c(C)cc(C)cc2[nH]1. The second kappa shape index (κ2) is 5.45. The van der Waals surface area contributed by atoms with E-state index >= 15 is 0 Å². The van der Waals surface area contributed by atoms with E-state index in [1.165, 1.54) is 5.56 Å². The van der Waals surface area contributed by atoms with Crippen LogP contribution in [0.4, 0.5) is 0 Å². The van der Waals surface area contributed by atoms with Crippen molar-refractivity contribution in [2.45, 2.75) is 20.8 Å². The standard InChI is InChI=1S/C15H20N2O2/c1-4-17(5-6-18)15(19)14-9-12-11(3)7-10(2)8-13(12)16-14/h7-9,16,18H,4-6H2,1-3H3. The fraction of sp³-hybridized carbons (Fsp3) is 0.400. The summed E-state index contributed by atoms with van der Waals surface area (Å²) >= 11 is 0. The maximum atomic E-state index is 12.3. The number of hydrogen-bond donors (Lipinski definition) is 2. The van der Waals surface area contributed by atoms with Gasteiger partial charge < -0.3 is 15.0 Å². The number of fused-ring (bicyclic) bond motifs is 1. The Kier molecular flexibility index (Phi) is 3.90. The molecule has 0 fully saturated rings. The predicted octanol–water partition coefficient (Wildman–Crippen LogP) is 2.24. The van der Waals surface area contributed by atoms with Crippen LogP contribution in [0.2, 0.25) is 0 Å². The second-order valence-electron chi connectivity index (χ2n) is 4.83. The van der Waals surface area contributed by atoms with Gasteiger partial charge in [-0.3, -0.25) is 4.79 Å². The Morgan fingerprint density at radius 1 is 1.32 bits per heavy atom. The highest BCUT2D eigenvalue weighted by Crippen LogP contribution is 2.22.